The summed E-state index contributed by atoms with van der Waals surface area (Å²) in [6.07, 6.45) is 0.311. The van der Waals surface area contributed by atoms with E-state index in [1.807, 2.05) is 6.07 Å². The minimum Gasteiger partial charge on any atom is -0.493 e. The van der Waals surface area contributed by atoms with Crippen molar-refractivity contribution in [2.24, 2.45) is 0 Å². The molecule has 2 N–H and O–H groups in total. The topological polar surface area (TPSA) is 91.2 Å². The number of hydrogen-bond donors (Lipinski definition) is 2. The molecule has 0 spiro atoms. The van der Waals surface area contributed by atoms with E-state index in [1.165, 1.54) is 10.6 Å². The summed E-state index contributed by atoms with van der Waals surface area (Å²) >= 11 is 6.13. The first-order valence-corrected chi connectivity index (χ1v) is 7.27. The number of aliphatic hydroxyl groups is 1. The van der Waals surface area contributed by atoms with Gasteiger partial charge in [0.25, 0.3) is 0 Å². The highest BCUT2D eigenvalue weighted by atomic mass is 35.5. The molecular formula is C15H14ClN3O3. The van der Waals surface area contributed by atoms with Crippen molar-refractivity contribution in [3.8, 4) is 17.6 Å². The molecule has 7 heteroatoms. The average molecular weight is 320 g/mol. The van der Waals surface area contributed by atoms with Gasteiger partial charge in [-0.05, 0) is 37.5 Å². The van der Waals surface area contributed by atoms with Gasteiger partial charge in [-0.3, -0.25) is 4.57 Å². The molecule has 1 aliphatic rings. The van der Waals surface area contributed by atoms with Crippen LogP contribution in [0, 0.1) is 18.3 Å². The molecule has 1 aromatic carbocycles. The van der Waals surface area contributed by atoms with Gasteiger partial charge in [-0.2, -0.15) is 5.26 Å². The molecule has 0 bridgehead atoms. The molecule has 2 aromatic rings. The van der Waals surface area contributed by atoms with E-state index in [9.17, 15) is 15.0 Å². The molecular weight excluding hydrogens is 306 g/mol. The van der Waals surface area contributed by atoms with Crippen LogP contribution in [0.25, 0.3) is 5.69 Å². The lowest BCUT2D eigenvalue weighted by Gasteiger charge is -2.18. The van der Waals surface area contributed by atoms with Crippen LogP contribution in [0.4, 0.5) is 0 Å². The van der Waals surface area contributed by atoms with Gasteiger partial charge < -0.3 is 10.2 Å². The number of hydrogen-bond acceptors (Lipinski definition) is 4. The minimum atomic E-state index is -0.864. The lowest BCUT2D eigenvalue weighted by atomic mass is 10.1. The first-order valence-electron chi connectivity index (χ1n) is 6.89. The van der Waals surface area contributed by atoms with Gasteiger partial charge in [0, 0.05) is 6.54 Å². The highest BCUT2D eigenvalue weighted by molar-refractivity contribution is 6.32. The Balaban J connectivity index is 2.30. The lowest BCUT2D eigenvalue weighted by Crippen LogP contribution is -2.27. The Hall–Kier alpha value is -2.23. The van der Waals surface area contributed by atoms with Gasteiger partial charge in [0.1, 0.15) is 11.8 Å². The number of rotatable bonds is 1. The van der Waals surface area contributed by atoms with Crippen molar-refractivity contribution >= 4 is 11.6 Å². The van der Waals surface area contributed by atoms with Crippen LogP contribution in [-0.4, -0.2) is 19.3 Å². The summed E-state index contributed by atoms with van der Waals surface area (Å²) < 4.78 is 2.52. The summed E-state index contributed by atoms with van der Waals surface area (Å²) in [5.41, 5.74) is 1.04. The molecule has 1 aliphatic heterocycles. The fourth-order valence-electron chi connectivity index (χ4n) is 2.89. The first kappa shape index (κ1) is 14.7. The first-order chi connectivity index (χ1) is 10.5. The average Bonchev–Trinajstić information content (AvgIpc) is 2.75. The van der Waals surface area contributed by atoms with Crippen molar-refractivity contribution in [3.63, 3.8) is 0 Å². The van der Waals surface area contributed by atoms with E-state index in [2.05, 4.69) is 0 Å². The van der Waals surface area contributed by atoms with Gasteiger partial charge in [0.2, 0.25) is 5.88 Å². The maximum Gasteiger partial charge on any atom is 0.336 e. The monoisotopic (exact) mass is 319 g/mol. The number of aromatic hydroxyl groups is 1. The van der Waals surface area contributed by atoms with E-state index in [4.69, 9.17) is 16.9 Å². The minimum absolute atomic E-state index is 0.233. The van der Waals surface area contributed by atoms with Crippen LogP contribution in [0.2, 0.25) is 5.02 Å². The van der Waals surface area contributed by atoms with Gasteiger partial charge in [0.05, 0.1) is 22.4 Å². The second-order valence-electron chi connectivity index (χ2n) is 5.32. The quantitative estimate of drug-likeness (QED) is 0.841. The molecule has 3 rings (SSSR count). The number of fused-ring (bicyclic) bond motifs is 1. The van der Waals surface area contributed by atoms with Gasteiger partial charge in [0.15, 0.2) is 0 Å². The summed E-state index contributed by atoms with van der Waals surface area (Å²) in [6, 6.07) is 5.05. The zero-order valence-corrected chi connectivity index (χ0v) is 12.6. The second-order valence-corrected chi connectivity index (χ2v) is 5.70. The van der Waals surface area contributed by atoms with Crippen molar-refractivity contribution in [3.05, 3.63) is 44.5 Å². The third-order valence-corrected chi connectivity index (χ3v) is 4.54. The maximum absolute atomic E-state index is 12.5. The van der Waals surface area contributed by atoms with Crippen molar-refractivity contribution in [2.75, 3.05) is 0 Å². The smallest absolute Gasteiger partial charge is 0.336 e. The van der Waals surface area contributed by atoms with E-state index < -0.39 is 11.8 Å². The van der Waals surface area contributed by atoms with Gasteiger partial charge in [-0.15, -0.1) is 0 Å². The van der Waals surface area contributed by atoms with Gasteiger partial charge >= 0.3 is 5.69 Å². The number of aliphatic hydroxyl groups excluding tert-OH is 1. The van der Waals surface area contributed by atoms with Crippen LogP contribution in [0.1, 0.15) is 35.8 Å². The predicted molar refractivity (Wildman–Crippen MR) is 80.3 cm³/mol. The zero-order valence-electron chi connectivity index (χ0n) is 11.9. The summed E-state index contributed by atoms with van der Waals surface area (Å²) in [4.78, 5) is 12.5. The summed E-state index contributed by atoms with van der Waals surface area (Å²) in [5, 5.41) is 29.7. The Kier molecular flexibility index (Phi) is 3.47. The number of aromatic nitrogens is 2. The van der Waals surface area contributed by atoms with Crippen LogP contribution >= 0.6 is 11.6 Å². The van der Waals surface area contributed by atoms with Gasteiger partial charge in [-0.1, -0.05) is 11.6 Å². The highest BCUT2D eigenvalue weighted by Gasteiger charge is 2.29. The number of benzene rings is 1. The zero-order chi connectivity index (χ0) is 16.0. The normalized spacial score (nSPS) is 17.1. The number of nitrogens with zero attached hydrogens (tertiary/aromatic N) is 3. The van der Waals surface area contributed by atoms with Crippen molar-refractivity contribution in [1.82, 2.24) is 9.13 Å². The number of halogens is 1. The van der Waals surface area contributed by atoms with E-state index in [1.54, 1.807) is 13.0 Å². The third-order valence-electron chi connectivity index (χ3n) is 4.05. The van der Waals surface area contributed by atoms with E-state index >= 15 is 0 Å². The van der Waals surface area contributed by atoms with Crippen molar-refractivity contribution in [1.29, 1.82) is 5.26 Å². The van der Waals surface area contributed by atoms with E-state index in [0.29, 0.717) is 36.2 Å². The summed E-state index contributed by atoms with van der Waals surface area (Å²) in [6.45, 7) is 2.13. The number of imidazole rings is 1. The summed E-state index contributed by atoms with van der Waals surface area (Å²) in [7, 11) is 0. The Morgan fingerprint density at radius 3 is 2.82 bits per heavy atom. The summed E-state index contributed by atoms with van der Waals surface area (Å²) in [5.74, 6) is -0.277. The van der Waals surface area contributed by atoms with E-state index in [0.717, 1.165) is 4.57 Å². The molecule has 0 fully saturated rings. The van der Waals surface area contributed by atoms with Gasteiger partial charge in [-0.25, -0.2) is 9.36 Å². The maximum atomic E-state index is 12.5. The SMILES string of the molecule is Cc1c(-n2c(O)c3n(c2=O)CCC[C@H]3O)ccc(C#N)c1Cl. The third kappa shape index (κ3) is 1.94. The van der Waals surface area contributed by atoms with E-state index in [-0.39, 0.29) is 16.6 Å². The molecule has 2 heterocycles. The highest BCUT2D eigenvalue weighted by Crippen LogP contribution is 2.34. The number of nitriles is 1. The fourth-order valence-corrected chi connectivity index (χ4v) is 3.10. The molecule has 22 heavy (non-hydrogen) atoms. The molecule has 0 aliphatic carbocycles. The Labute approximate surface area is 131 Å². The molecule has 1 atom stereocenters. The molecule has 0 saturated carbocycles. The Bertz CT molecular complexity index is 860. The van der Waals surface area contributed by atoms with Crippen LogP contribution in [-0.2, 0) is 6.54 Å². The van der Waals surface area contributed by atoms with Crippen molar-refractivity contribution in [2.45, 2.75) is 32.4 Å². The fraction of sp³-hybridized carbons (Fsp3) is 0.333. The Morgan fingerprint density at radius 1 is 1.45 bits per heavy atom. The second kappa shape index (κ2) is 5.20. The molecule has 1 aromatic heterocycles. The molecule has 0 amide bonds. The molecule has 0 radical (unpaired) electrons. The largest absolute Gasteiger partial charge is 0.493 e. The Morgan fingerprint density at radius 2 is 2.18 bits per heavy atom. The molecule has 0 saturated heterocycles. The van der Waals surface area contributed by atoms with Crippen LogP contribution in [0.15, 0.2) is 16.9 Å². The molecule has 114 valence electrons. The predicted octanol–water partition coefficient (Wildman–Crippen LogP) is 2.01. The van der Waals surface area contributed by atoms with Crippen LogP contribution in [0.3, 0.4) is 0 Å². The van der Waals surface area contributed by atoms with Crippen molar-refractivity contribution < 1.29 is 10.2 Å². The van der Waals surface area contributed by atoms with Crippen LogP contribution in [0.5, 0.6) is 5.88 Å². The molecule has 0 unspecified atom stereocenters. The molecule has 6 nitrogen and oxygen atoms in total. The van der Waals surface area contributed by atoms with Crippen LogP contribution < -0.4 is 5.69 Å². The lowest BCUT2D eigenvalue weighted by molar-refractivity contribution is 0.134. The standard InChI is InChI=1S/C15H14ClN3O3/c1-8-10(5-4-9(7-17)12(8)16)19-14(21)13-11(20)3-2-6-18(13)15(19)22/h4-5,11,20-21H,2-3,6H2,1H3/t11-/m1/s1.